The van der Waals surface area contributed by atoms with E-state index in [4.69, 9.17) is 0 Å². The van der Waals surface area contributed by atoms with Crippen molar-refractivity contribution in [3.63, 3.8) is 0 Å². The Balaban J connectivity index is 1.98. The SMILES string of the molecule is Cc1cccc(-n2c(C)cc(C(=O)Nc3nccs3)c2C)c1. The van der Waals surface area contributed by atoms with Crippen LogP contribution in [-0.4, -0.2) is 15.5 Å². The number of nitrogens with zero attached hydrogens (tertiary/aromatic N) is 2. The minimum atomic E-state index is -0.123. The van der Waals surface area contributed by atoms with E-state index in [0.29, 0.717) is 10.7 Å². The van der Waals surface area contributed by atoms with Gasteiger partial charge in [0.15, 0.2) is 5.13 Å². The average molecular weight is 311 g/mol. The lowest BCUT2D eigenvalue weighted by Crippen LogP contribution is -2.12. The van der Waals surface area contributed by atoms with Gasteiger partial charge in [-0.2, -0.15) is 0 Å². The Labute approximate surface area is 133 Å². The highest BCUT2D eigenvalue weighted by atomic mass is 32.1. The summed E-state index contributed by atoms with van der Waals surface area (Å²) >= 11 is 1.41. The number of thiazole rings is 1. The fraction of sp³-hybridized carbons (Fsp3) is 0.176. The standard InChI is InChI=1S/C17H17N3OS/c1-11-5-4-6-14(9-11)20-12(2)10-15(13(20)3)16(21)19-17-18-7-8-22-17/h4-10H,1-3H3,(H,18,19,21). The first-order chi connectivity index (χ1) is 10.6. The molecule has 112 valence electrons. The summed E-state index contributed by atoms with van der Waals surface area (Å²) in [5, 5.41) is 5.29. The van der Waals surface area contributed by atoms with Crippen LogP contribution < -0.4 is 5.32 Å². The number of rotatable bonds is 3. The fourth-order valence-electron chi connectivity index (χ4n) is 2.61. The first-order valence-corrected chi connectivity index (χ1v) is 7.91. The van der Waals surface area contributed by atoms with Gasteiger partial charge in [0.2, 0.25) is 0 Å². The Hall–Kier alpha value is -2.40. The fourth-order valence-corrected chi connectivity index (χ4v) is 3.13. The van der Waals surface area contributed by atoms with Crippen molar-refractivity contribution >= 4 is 22.4 Å². The van der Waals surface area contributed by atoms with Crippen LogP contribution in [0.1, 0.15) is 27.3 Å². The summed E-state index contributed by atoms with van der Waals surface area (Å²) in [6.45, 7) is 6.04. The van der Waals surface area contributed by atoms with E-state index in [2.05, 4.69) is 40.0 Å². The molecule has 2 heterocycles. The van der Waals surface area contributed by atoms with Gasteiger partial charge in [-0.15, -0.1) is 11.3 Å². The molecule has 0 fully saturated rings. The smallest absolute Gasteiger partial charge is 0.259 e. The molecule has 0 saturated carbocycles. The van der Waals surface area contributed by atoms with Crippen LogP contribution in [-0.2, 0) is 0 Å². The third-order valence-corrected chi connectivity index (χ3v) is 4.28. The van der Waals surface area contributed by atoms with Crippen molar-refractivity contribution in [1.82, 2.24) is 9.55 Å². The van der Waals surface area contributed by atoms with Crippen LogP contribution in [0.4, 0.5) is 5.13 Å². The van der Waals surface area contributed by atoms with E-state index in [0.717, 1.165) is 17.1 Å². The minimum Gasteiger partial charge on any atom is -0.318 e. The highest BCUT2D eigenvalue weighted by molar-refractivity contribution is 7.13. The molecule has 5 heteroatoms. The van der Waals surface area contributed by atoms with Crippen LogP contribution in [0.3, 0.4) is 0 Å². The predicted octanol–water partition coefficient (Wildman–Crippen LogP) is 4.11. The summed E-state index contributed by atoms with van der Waals surface area (Å²) in [6.07, 6.45) is 1.68. The monoisotopic (exact) mass is 311 g/mol. The van der Waals surface area contributed by atoms with Crippen LogP contribution >= 0.6 is 11.3 Å². The topological polar surface area (TPSA) is 46.9 Å². The third-order valence-electron chi connectivity index (χ3n) is 3.59. The number of amides is 1. The summed E-state index contributed by atoms with van der Waals surface area (Å²) in [7, 11) is 0. The van der Waals surface area contributed by atoms with E-state index in [9.17, 15) is 4.79 Å². The molecular formula is C17H17N3OS. The molecule has 0 bridgehead atoms. The molecule has 0 unspecified atom stereocenters. The second-order valence-corrected chi connectivity index (χ2v) is 6.15. The molecule has 1 N–H and O–H groups in total. The summed E-state index contributed by atoms with van der Waals surface area (Å²) < 4.78 is 2.10. The zero-order valence-electron chi connectivity index (χ0n) is 12.8. The molecule has 1 amide bonds. The Morgan fingerprint density at radius 3 is 2.73 bits per heavy atom. The second kappa shape index (κ2) is 5.77. The van der Waals surface area contributed by atoms with Gasteiger partial charge in [0.1, 0.15) is 0 Å². The number of nitrogens with one attached hydrogen (secondary N) is 1. The van der Waals surface area contributed by atoms with E-state index < -0.39 is 0 Å². The highest BCUT2D eigenvalue weighted by Crippen LogP contribution is 2.22. The zero-order valence-corrected chi connectivity index (χ0v) is 13.6. The molecular weight excluding hydrogens is 294 g/mol. The van der Waals surface area contributed by atoms with Crippen molar-refractivity contribution in [3.05, 3.63) is 64.4 Å². The number of carbonyl (C=O) groups is 1. The lowest BCUT2D eigenvalue weighted by Gasteiger charge is -2.10. The number of hydrogen-bond acceptors (Lipinski definition) is 3. The number of benzene rings is 1. The number of anilines is 1. The average Bonchev–Trinajstić information content (AvgIpc) is 3.07. The van der Waals surface area contributed by atoms with Crippen molar-refractivity contribution in [2.45, 2.75) is 20.8 Å². The Morgan fingerprint density at radius 2 is 2.05 bits per heavy atom. The van der Waals surface area contributed by atoms with Crippen molar-refractivity contribution in [2.24, 2.45) is 0 Å². The maximum absolute atomic E-state index is 12.4. The Morgan fingerprint density at radius 1 is 1.23 bits per heavy atom. The first-order valence-electron chi connectivity index (χ1n) is 7.03. The van der Waals surface area contributed by atoms with Gasteiger partial charge in [-0.1, -0.05) is 12.1 Å². The molecule has 4 nitrogen and oxygen atoms in total. The van der Waals surface area contributed by atoms with Crippen LogP contribution in [0, 0.1) is 20.8 Å². The Kier molecular flexibility index (Phi) is 3.81. The van der Waals surface area contributed by atoms with Crippen molar-refractivity contribution in [2.75, 3.05) is 5.32 Å². The third kappa shape index (κ3) is 2.67. The van der Waals surface area contributed by atoms with E-state index in [-0.39, 0.29) is 5.91 Å². The molecule has 0 aliphatic carbocycles. The maximum atomic E-state index is 12.4. The summed E-state index contributed by atoms with van der Waals surface area (Å²) in [5.74, 6) is -0.123. The molecule has 0 radical (unpaired) electrons. The van der Waals surface area contributed by atoms with Crippen LogP contribution in [0.25, 0.3) is 5.69 Å². The summed E-state index contributed by atoms with van der Waals surface area (Å²) in [6, 6.07) is 10.2. The first kappa shape index (κ1) is 14.5. The van der Waals surface area contributed by atoms with Gasteiger partial charge < -0.3 is 4.57 Å². The minimum absolute atomic E-state index is 0.123. The van der Waals surface area contributed by atoms with Gasteiger partial charge >= 0.3 is 0 Å². The molecule has 0 aliphatic rings. The van der Waals surface area contributed by atoms with E-state index in [1.807, 2.05) is 31.4 Å². The van der Waals surface area contributed by atoms with Crippen LogP contribution in [0.5, 0.6) is 0 Å². The van der Waals surface area contributed by atoms with E-state index >= 15 is 0 Å². The largest absolute Gasteiger partial charge is 0.318 e. The summed E-state index contributed by atoms with van der Waals surface area (Å²) in [4.78, 5) is 16.5. The molecule has 22 heavy (non-hydrogen) atoms. The summed E-state index contributed by atoms with van der Waals surface area (Å²) in [5.41, 5.74) is 4.90. The zero-order chi connectivity index (χ0) is 15.7. The van der Waals surface area contributed by atoms with Crippen LogP contribution in [0.2, 0.25) is 0 Å². The predicted molar refractivity (Wildman–Crippen MR) is 90.0 cm³/mol. The highest BCUT2D eigenvalue weighted by Gasteiger charge is 2.17. The molecule has 0 saturated heterocycles. The van der Waals surface area contributed by atoms with Gasteiger partial charge in [0.05, 0.1) is 5.56 Å². The number of aryl methyl sites for hydroxylation is 2. The van der Waals surface area contributed by atoms with Gasteiger partial charge in [-0.05, 0) is 44.5 Å². The molecule has 0 atom stereocenters. The van der Waals surface area contributed by atoms with Crippen molar-refractivity contribution in [3.8, 4) is 5.69 Å². The van der Waals surface area contributed by atoms with Gasteiger partial charge in [-0.25, -0.2) is 4.98 Å². The van der Waals surface area contributed by atoms with Crippen molar-refractivity contribution in [1.29, 1.82) is 0 Å². The van der Waals surface area contributed by atoms with Crippen LogP contribution in [0.15, 0.2) is 41.9 Å². The lowest BCUT2D eigenvalue weighted by molar-refractivity contribution is 0.102. The quantitative estimate of drug-likeness (QED) is 0.791. The molecule has 2 aromatic heterocycles. The molecule has 3 rings (SSSR count). The number of hydrogen-bond donors (Lipinski definition) is 1. The lowest BCUT2D eigenvalue weighted by atomic mass is 10.2. The van der Waals surface area contributed by atoms with E-state index in [1.165, 1.54) is 16.9 Å². The van der Waals surface area contributed by atoms with Gasteiger partial charge in [-0.3, -0.25) is 10.1 Å². The molecule has 3 aromatic rings. The van der Waals surface area contributed by atoms with Crippen molar-refractivity contribution < 1.29 is 4.79 Å². The van der Waals surface area contributed by atoms with E-state index in [1.54, 1.807) is 6.20 Å². The molecule has 0 aliphatic heterocycles. The maximum Gasteiger partial charge on any atom is 0.259 e. The number of carbonyl (C=O) groups excluding carboxylic acids is 1. The normalized spacial score (nSPS) is 10.7. The number of aromatic nitrogens is 2. The van der Waals surface area contributed by atoms with Gasteiger partial charge in [0, 0.05) is 28.7 Å². The molecule has 0 spiro atoms. The second-order valence-electron chi connectivity index (χ2n) is 5.25. The Bertz CT molecular complexity index is 819. The molecule has 1 aromatic carbocycles. The van der Waals surface area contributed by atoms with Gasteiger partial charge in [0.25, 0.3) is 5.91 Å².